The second-order valence-electron chi connectivity index (χ2n) is 9.46. The molecule has 0 aromatic carbocycles. The highest BCUT2D eigenvalue weighted by molar-refractivity contribution is 5.87. The fourth-order valence-electron chi connectivity index (χ4n) is 6.67. The molecule has 0 aromatic rings. The average Bonchev–Trinajstić information content (AvgIpc) is 2.34. The molecule has 1 amide bonds. The first kappa shape index (κ1) is 14.7. The summed E-state index contributed by atoms with van der Waals surface area (Å²) >= 11 is 0. The molecule has 22 heavy (non-hydrogen) atoms. The van der Waals surface area contributed by atoms with E-state index in [0.717, 1.165) is 24.2 Å². The van der Waals surface area contributed by atoms with Crippen LogP contribution in [0.3, 0.4) is 0 Å². The number of hydrogen-bond donors (Lipinski definition) is 1. The molecule has 3 heteroatoms. The lowest BCUT2D eigenvalue weighted by atomic mass is 9.51. The maximum atomic E-state index is 12.9. The van der Waals surface area contributed by atoms with Crippen LogP contribution in [0.5, 0.6) is 0 Å². The molecule has 2 atom stereocenters. The molecule has 0 radical (unpaired) electrons. The van der Waals surface area contributed by atoms with Crippen molar-refractivity contribution in [1.82, 2.24) is 5.32 Å². The number of carbonyl (C=O) groups excluding carboxylic acids is 2. The van der Waals surface area contributed by atoms with Crippen LogP contribution in [0.2, 0.25) is 0 Å². The Morgan fingerprint density at radius 2 is 1.36 bits per heavy atom. The number of amides is 1. The lowest BCUT2D eigenvalue weighted by Gasteiger charge is -2.58. The van der Waals surface area contributed by atoms with E-state index < -0.39 is 0 Å². The largest absolute Gasteiger partial charge is 0.350 e. The molecule has 3 nitrogen and oxygen atoms in total. The van der Waals surface area contributed by atoms with Crippen molar-refractivity contribution >= 4 is 11.7 Å². The molecule has 2 unspecified atom stereocenters. The van der Waals surface area contributed by atoms with Crippen LogP contribution in [0.25, 0.3) is 0 Å². The number of carbonyl (C=O) groups is 2. The topological polar surface area (TPSA) is 46.2 Å². The van der Waals surface area contributed by atoms with Gasteiger partial charge >= 0.3 is 0 Å². The van der Waals surface area contributed by atoms with E-state index in [-0.39, 0.29) is 34.5 Å². The van der Waals surface area contributed by atoms with E-state index >= 15 is 0 Å². The van der Waals surface area contributed by atoms with Crippen LogP contribution in [-0.4, -0.2) is 17.2 Å². The van der Waals surface area contributed by atoms with Gasteiger partial charge in [0.25, 0.3) is 0 Å². The Kier molecular flexibility index (Phi) is 3.06. The van der Waals surface area contributed by atoms with Crippen molar-refractivity contribution in [2.45, 2.75) is 71.3 Å². The Labute approximate surface area is 133 Å². The van der Waals surface area contributed by atoms with Crippen LogP contribution in [0.1, 0.15) is 65.7 Å². The van der Waals surface area contributed by atoms with Gasteiger partial charge in [0.05, 0.1) is 0 Å². The average molecular weight is 303 g/mol. The Bertz CT molecular complexity index is 486. The first-order valence-electron chi connectivity index (χ1n) is 9.11. The van der Waals surface area contributed by atoms with Crippen LogP contribution >= 0.6 is 0 Å². The fourth-order valence-corrected chi connectivity index (χ4v) is 6.67. The fraction of sp³-hybridized carbons (Fsp3) is 0.895. The summed E-state index contributed by atoms with van der Waals surface area (Å²) in [6.07, 6.45) is 8.56. The van der Waals surface area contributed by atoms with Crippen LogP contribution in [0, 0.1) is 35.0 Å². The van der Waals surface area contributed by atoms with Gasteiger partial charge in [0.1, 0.15) is 5.78 Å². The Morgan fingerprint density at radius 1 is 0.864 bits per heavy atom. The SMILES string of the molecule is CC(=O)C1CC(C(=O)NC23CC4CC(CC(C4)C2)C3)C1(C)C. The number of rotatable bonds is 3. The summed E-state index contributed by atoms with van der Waals surface area (Å²) in [5.74, 6) is 3.12. The van der Waals surface area contributed by atoms with Crippen molar-refractivity contribution in [3.05, 3.63) is 0 Å². The standard InChI is InChI=1S/C19H29NO2/c1-11(21)15-7-16(18(15,2)3)17(22)20-19-8-12-4-13(9-19)6-14(5-12)10-19/h12-16H,4-10H2,1-3H3,(H,20,22). The Balaban J connectivity index is 1.46. The second kappa shape index (κ2) is 4.58. The Hall–Kier alpha value is -0.860. The third-order valence-electron chi connectivity index (χ3n) is 7.50. The van der Waals surface area contributed by atoms with Crippen molar-refractivity contribution in [2.24, 2.45) is 35.0 Å². The molecule has 1 N–H and O–H groups in total. The molecule has 5 saturated carbocycles. The van der Waals surface area contributed by atoms with E-state index in [1.54, 1.807) is 6.92 Å². The van der Waals surface area contributed by atoms with Gasteiger partial charge in [0.15, 0.2) is 0 Å². The Morgan fingerprint density at radius 3 is 1.77 bits per heavy atom. The first-order chi connectivity index (χ1) is 10.3. The zero-order valence-corrected chi connectivity index (χ0v) is 14.2. The molecule has 0 aromatic heterocycles. The molecule has 4 bridgehead atoms. The van der Waals surface area contributed by atoms with Gasteiger partial charge in [-0.2, -0.15) is 0 Å². The number of Topliss-reactive ketones (excluding diaryl/α,β-unsaturated/α-hetero) is 1. The number of nitrogens with one attached hydrogen (secondary N) is 1. The molecule has 5 rings (SSSR count). The summed E-state index contributed by atoms with van der Waals surface area (Å²) in [6.45, 7) is 5.85. The van der Waals surface area contributed by atoms with Gasteiger partial charge in [-0.3, -0.25) is 9.59 Å². The summed E-state index contributed by atoms with van der Waals surface area (Å²) in [5.41, 5.74) is -0.0680. The van der Waals surface area contributed by atoms with Gasteiger partial charge in [-0.05, 0) is 75.0 Å². The van der Waals surface area contributed by atoms with E-state index in [0.29, 0.717) is 0 Å². The smallest absolute Gasteiger partial charge is 0.224 e. The maximum Gasteiger partial charge on any atom is 0.224 e. The summed E-state index contributed by atoms with van der Waals surface area (Å²) in [5, 5.41) is 3.49. The summed E-state index contributed by atoms with van der Waals surface area (Å²) in [6, 6.07) is 0. The zero-order valence-electron chi connectivity index (χ0n) is 14.2. The van der Waals surface area contributed by atoms with Crippen molar-refractivity contribution in [1.29, 1.82) is 0 Å². The first-order valence-corrected chi connectivity index (χ1v) is 9.11. The number of ketones is 1. The zero-order chi connectivity index (χ0) is 15.7. The molecule has 0 spiro atoms. The van der Waals surface area contributed by atoms with Crippen LogP contribution in [-0.2, 0) is 9.59 Å². The van der Waals surface area contributed by atoms with E-state index in [1.807, 2.05) is 0 Å². The highest BCUT2D eigenvalue weighted by Gasteiger charge is 2.56. The molecule has 0 heterocycles. The minimum absolute atomic E-state index is 0.0226. The highest BCUT2D eigenvalue weighted by Crippen LogP contribution is 2.57. The van der Waals surface area contributed by atoms with Crippen LogP contribution in [0.15, 0.2) is 0 Å². The van der Waals surface area contributed by atoms with Gasteiger partial charge in [-0.25, -0.2) is 0 Å². The summed E-state index contributed by atoms with van der Waals surface area (Å²) in [7, 11) is 0. The minimum Gasteiger partial charge on any atom is -0.350 e. The second-order valence-corrected chi connectivity index (χ2v) is 9.46. The lowest BCUT2D eigenvalue weighted by molar-refractivity contribution is -0.152. The summed E-state index contributed by atoms with van der Waals surface area (Å²) in [4.78, 5) is 24.6. The van der Waals surface area contributed by atoms with Crippen LogP contribution < -0.4 is 5.32 Å². The quantitative estimate of drug-likeness (QED) is 0.869. The van der Waals surface area contributed by atoms with Crippen LogP contribution in [0.4, 0.5) is 0 Å². The molecule has 5 aliphatic rings. The highest BCUT2D eigenvalue weighted by atomic mass is 16.2. The van der Waals surface area contributed by atoms with Gasteiger partial charge < -0.3 is 5.32 Å². The van der Waals surface area contributed by atoms with Gasteiger partial charge in [0, 0.05) is 17.4 Å². The molecule has 5 aliphatic carbocycles. The predicted molar refractivity (Wildman–Crippen MR) is 85.1 cm³/mol. The lowest BCUT2D eigenvalue weighted by Crippen LogP contribution is -2.63. The van der Waals surface area contributed by atoms with E-state index in [4.69, 9.17) is 0 Å². The molecule has 122 valence electrons. The third kappa shape index (κ3) is 2.07. The van der Waals surface area contributed by atoms with Crippen molar-refractivity contribution in [3.63, 3.8) is 0 Å². The molecule has 5 fully saturated rings. The van der Waals surface area contributed by atoms with E-state index in [1.165, 1.54) is 38.5 Å². The molecule has 0 aliphatic heterocycles. The monoisotopic (exact) mass is 303 g/mol. The van der Waals surface area contributed by atoms with Gasteiger partial charge in [0.2, 0.25) is 5.91 Å². The van der Waals surface area contributed by atoms with E-state index in [2.05, 4.69) is 19.2 Å². The summed E-state index contributed by atoms with van der Waals surface area (Å²) < 4.78 is 0. The molecule has 0 saturated heterocycles. The number of hydrogen-bond acceptors (Lipinski definition) is 2. The van der Waals surface area contributed by atoms with Gasteiger partial charge in [-0.15, -0.1) is 0 Å². The van der Waals surface area contributed by atoms with E-state index in [9.17, 15) is 9.59 Å². The van der Waals surface area contributed by atoms with Gasteiger partial charge in [-0.1, -0.05) is 13.8 Å². The maximum absolute atomic E-state index is 12.9. The normalized spacial score (nSPS) is 47.9. The van der Waals surface area contributed by atoms with Crippen molar-refractivity contribution in [2.75, 3.05) is 0 Å². The third-order valence-corrected chi connectivity index (χ3v) is 7.50. The van der Waals surface area contributed by atoms with Crippen molar-refractivity contribution in [3.8, 4) is 0 Å². The predicted octanol–water partition coefficient (Wildman–Crippen LogP) is 3.32. The minimum atomic E-state index is -0.168. The molecular formula is C19H29NO2. The molecular weight excluding hydrogens is 274 g/mol. The van der Waals surface area contributed by atoms with Crippen molar-refractivity contribution < 1.29 is 9.59 Å².